The lowest BCUT2D eigenvalue weighted by molar-refractivity contribution is -0.0428. The van der Waals surface area contributed by atoms with Crippen molar-refractivity contribution in [2.75, 3.05) is 0 Å². The molecule has 0 amide bonds. The van der Waals surface area contributed by atoms with E-state index < -0.39 is 0 Å². The Bertz CT molecular complexity index is 1060. The van der Waals surface area contributed by atoms with E-state index in [-0.39, 0.29) is 11.1 Å². The van der Waals surface area contributed by atoms with Gasteiger partial charge in [-0.2, -0.15) is 10.4 Å². The van der Waals surface area contributed by atoms with Crippen molar-refractivity contribution in [2.45, 2.75) is 32.5 Å². The van der Waals surface area contributed by atoms with Crippen LogP contribution in [-0.4, -0.2) is 24.9 Å². The highest BCUT2D eigenvalue weighted by Crippen LogP contribution is 2.27. The Morgan fingerprint density at radius 1 is 1.23 bits per heavy atom. The van der Waals surface area contributed by atoms with Crippen molar-refractivity contribution in [2.24, 2.45) is 0 Å². The number of benzene rings is 1. The quantitative estimate of drug-likeness (QED) is 0.770. The molecule has 130 valence electrons. The van der Waals surface area contributed by atoms with Crippen molar-refractivity contribution in [1.82, 2.24) is 19.3 Å². The fraction of sp³-hybridized carbons (Fsp3) is 0.263. The van der Waals surface area contributed by atoms with Crippen molar-refractivity contribution >= 4 is 0 Å². The summed E-state index contributed by atoms with van der Waals surface area (Å²) in [7, 11) is 0. The zero-order valence-corrected chi connectivity index (χ0v) is 14.6. The summed E-state index contributed by atoms with van der Waals surface area (Å²) in [6, 6.07) is 9.80. The van der Waals surface area contributed by atoms with Crippen LogP contribution in [0, 0.1) is 16.7 Å². The minimum atomic E-state index is -0.356. The Balaban J connectivity index is 1.81. The highest BCUT2D eigenvalue weighted by atomic mass is 16.5. The van der Waals surface area contributed by atoms with Crippen LogP contribution >= 0.6 is 0 Å². The third kappa shape index (κ3) is 2.70. The maximum atomic E-state index is 9.62. The first-order valence-corrected chi connectivity index (χ1v) is 8.31. The summed E-state index contributed by atoms with van der Waals surface area (Å²) in [6.45, 7) is 4.30. The zero-order chi connectivity index (χ0) is 18.3. The Morgan fingerprint density at radius 3 is 2.62 bits per heavy atom. The average molecular weight is 346 g/mol. The maximum absolute atomic E-state index is 9.62. The SMILES string of the molecule is CC1(C)Cc2c(nn(-c3ccc(-n4ccnc4)cc3)c(=N)c2C#N)CO1. The summed E-state index contributed by atoms with van der Waals surface area (Å²) in [4.78, 5) is 4.04. The van der Waals surface area contributed by atoms with Crippen LogP contribution in [0.25, 0.3) is 11.4 Å². The molecule has 1 N–H and O–H groups in total. The van der Waals surface area contributed by atoms with Crippen LogP contribution < -0.4 is 5.49 Å². The van der Waals surface area contributed by atoms with E-state index in [0.29, 0.717) is 18.6 Å². The fourth-order valence-electron chi connectivity index (χ4n) is 3.16. The summed E-state index contributed by atoms with van der Waals surface area (Å²) >= 11 is 0. The molecule has 3 aromatic rings. The second-order valence-corrected chi connectivity index (χ2v) is 6.88. The summed E-state index contributed by atoms with van der Waals surface area (Å²) in [5, 5.41) is 22.7. The van der Waals surface area contributed by atoms with Crippen LogP contribution in [0.5, 0.6) is 0 Å². The summed E-state index contributed by atoms with van der Waals surface area (Å²) in [5.41, 5.74) is 3.33. The molecule has 7 heteroatoms. The molecule has 7 nitrogen and oxygen atoms in total. The molecule has 4 rings (SSSR count). The zero-order valence-electron chi connectivity index (χ0n) is 14.6. The number of nitrogens with one attached hydrogen (secondary N) is 1. The number of hydrogen-bond donors (Lipinski definition) is 1. The molecule has 0 saturated heterocycles. The molecule has 2 aromatic heterocycles. The van der Waals surface area contributed by atoms with E-state index in [1.165, 1.54) is 4.68 Å². The second-order valence-electron chi connectivity index (χ2n) is 6.88. The molecule has 26 heavy (non-hydrogen) atoms. The number of hydrogen-bond acceptors (Lipinski definition) is 5. The molecule has 0 radical (unpaired) electrons. The van der Waals surface area contributed by atoms with E-state index in [0.717, 1.165) is 22.6 Å². The van der Waals surface area contributed by atoms with Crippen LogP contribution in [0.4, 0.5) is 0 Å². The van der Waals surface area contributed by atoms with Crippen LogP contribution in [0.3, 0.4) is 0 Å². The van der Waals surface area contributed by atoms with E-state index in [1.54, 1.807) is 12.5 Å². The van der Waals surface area contributed by atoms with Crippen molar-refractivity contribution in [3.63, 3.8) is 0 Å². The number of imidazole rings is 1. The van der Waals surface area contributed by atoms with Gasteiger partial charge in [0.25, 0.3) is 0 Å². The highest BCUT2D eigenvalue weighted by Gasteiger charge is 2.30. The van der Waals surface area contributed by atoms with Crippen LogP contribution in [0.2, 0.25) is 0 Å². The molecule has 3 heterocycles. The Labute approximate surface area is 150 Å². The number of fused-ring (bicyclic) bond motifs is 1. The van der Waals surface area contributed by atoms with Crippen molar-refractivity contribution in [1.29, 1.82) is 10.7 Å². The molecule has 0 bridgehead atoms. The van der Waals surface area contributed by atoms with Gasteiger partial charge in [0.05, 0.1) is 29.9 Å². The monoisotopic (exact) mass is 346 g/mol. The van der Waals surface area contributed by atoms with E-state index in [2.05, 4.69) is 16.2 Å². The lowest BCUT2D eigenvalue weighted by Crippen LogP contribution is -2.37. The van der Waals surface area contributed by atoms with Crippen molar-refractivity contribution in [3.8, 4) is 17.4 Å². The normalized spacial score (nSPS) is 15.3. The first-order valence-electron chi connectivity index (χ1n) is 8.31. The van der Waals surface area contributed by atoms with Gasteiger partial charge in [0, 0.05) is 30.1 Å². The second kappa shape index (κ2) is 5.93. The molecule has 1 aromatic carbocycles. The first-order chi connectivity index (χ1) is 12.5. The molecular formula is C19H18N6O. The average Bonchev–Trinajstić information content (AvgIpc) is 3.16. The molecule has 0 aliphatic carbocycles. The Kier molecular flexibility index (Phi) is 3.71. The Morgan fingerprint density at radius 2 is 1.96 bits per heavy atom. The summed E-state index contributed by atoms with van der Waals surface area (Å²) < 4.78 is 9.23. The van der Waals surface area contributed by atoms with Crippen LogP contribution in [0.15, 0.2) is 43.0 Å². The topological polar surface area (TPSA) is 92.5 Å². The first kappa shape index (κ1) is 16.2. The number of aromatic nitrogens is 4. The molecule has 1 aliphatic rings. The largest absolute Gasteiger partial charge is 0.369 e. The minimum Gasteiger partial charge on any atom is -0.369 e. The van der Waals surface area contributed by atoms with Gasteiger partial charge in [-0.25, -0.2) is 9.67 Å². The molecule has 0 fully saturated rings. The third-order valence-electron chi connectivity index (χ3n) is 4.53. The van der Waals surface area contributed by atoms with Gasteiger partial charge in [-0.05, 0) is 38.1 Å². The lowest BCUT2D eigenvalue weighted by Gasteiger charge is -2.31. The van der Waals surface area contributed by atoms with Gasteiger partial charge >= 0.3 is 0 Å². The molecule has 0 atom stereocenters. The van der Waals surface area contributed by atoms with Gasteiger partial charge in [-0.3, -0.25) is 5.41 Å². The van der Waals surface area contributed by atoms with Gasteiger partial charge < -0.3 is 9.30 Å². The van der Waals surface area contributed by atoms with Gasteiger partial charge in [0.15, 0.2) is 5.49 Å². The molecule has 0 spiro atoms. The predicted octanol–water partition coefficient (Wildman–Crippen LogP) is 2.26. The van der Waals surface area contributed by atoms with Gasteiger partial charge in [-0.1, -0.05) is 0 Å². The number of nitrogens with zero attached hydrogens (tertiary/aromatic N) is 5. The molecule has 0 unspecified atom stereocenters. The van der Waals surface area contributed by atoms with Crippen molar-refractivity contribution < 1.29 is 4.74 Å². The van der Waals surface area contributed by atoms with E-state index in [9.17, 15) is 5.26 Å². The summed E-state index contributed by atoms with van der Waals surface area (Å²) in [5.74, 6) is 0. The molecular weight excluding hydrogens is 328 g/mol. The maximum Gasteiger partial charge on any atom is 0.164 e. The lowest BCUT2D eigenvalue weighted by atomic mass is 9.92. The van der Waals surface area contributed by atoms with Crippen LogP contribution in [0.1, 0.15) is 30.7 Å². The van der Waals surface area contributed by atoms with Crippen molar-refractivity contribution in [3.05, 3.63) is 65.3 Å². The van der Waals surface area contributed by atoms with Crippen LogP contribution in [-0.2, 0) is 17.8 Å². The number of rotatable bonds is 2. The fourth-order valence-corrected chi connectivity index (χ4v) is 3.16. The van der Waals surface area contributed by atoms with Gasteiger partial charge in [-0.15, -0.1) is 0 Å². The number of ether oxygens (including phenoxy) is 1. The van der Waals surface area contributed by atoms with Gasteiger partial charge in [0.2, 0.25) is 0 Å². The minimum absolute atomic E-state index is 0.0966. The molecule has 0 saturated carbocycles. The van der Waals surface area contributed by atoms with E-state index >= 15 is 0 Å². The highest BCUT2D eigenvalue weighted by molar-refractivity contribution is 5.44. The van der Waals surface area contributed by atoms with Gasteiger partial charge in [0.1, 0.15) is 11.6 Å². The Hall–Kier alpha value is -3.24. The molecule has 1 aliphatic heterocycles. The summed E-state index contributed by atoms with van der Waals surface area (Å²) in [6.07, 6.45) is 5.88. The smallest absolute Gasteiger partial charge is 0.164 e. The third-order valence-corrected chi connectivity index (χ3v) is 4.53. The number of nitriles is 1. The van der Waals surface area contributed by atoms with E-state index in [4.69, 9.17) is 10.1 Å². The predicted molar refractivity (Wildman–Crippen MR) is 93.8 cm³/mol. The standard InChI is InChI=1S/C19H18N6O/c1-19(2)9-15-16(10-20)18(21)25(23-17(15)11-26-19)14-5-3-13(4-6-14)24-8-7-22-12-24/h3-8,12,21H,9,11H2,1-2H3. The van der Waals surface area contributed by atoms with E-state index in [1.807, 2.05) is 48.9 Å².